The van der Waals surface area contributed by atoms with Crippen LogP contribution in [0.2, 0.25) is 0 Å². The van der Waals surface area contributed by atoms with Crippen molar-refractivity contribution in [3.05, 3.63) is 54.2 Å². The van der Waals surface area contributed by atoms with Gasteiger partial charge in [-0.1, -0.05) is 31.2 Å². The van der Waals surface area contributed by atoms with E-state index in [2.05, 4.69) is 17.2 Å². The number of nitrogens with zero attached hydrogens (tertiary/aromatic N) is 1. The van der Waals surface area contributed by atoms with Crippen LogP contribution in [-0.2, 0) is 6.54 Å². The summed E-state index contributed by atoms with van der Waals surface area (Å²) in [5, 5.41) is 3.32. The van der Waals surface area contributed by atoms with Crippen molar-refractivity contribution in [2.24, 2.45) is 0 Å². The number of aromatic nitrogens is 1. The minimum atomic E-state index is 0.480. The van der Waals surface area contributed by atoms with Crippen molar-refractivity contribution in [1.82, 2.24) is 10.3 Å². The van der Waals surface area contributed by atoms with Crippen molar-refractivity contribution in [3.63, 3.8) is 0 Å². The van der Waals surface area contributed by atoms with E-state index in [-0.39, 0.29) is 0 Å². The lowest BCUT2D eigenvalue weighted by molar-refractivity contribution is 0.211. The summed E-state index contributed by atoms with van der Waals surface area (Å²) < 4.78 is 11.2. The molecule has 0 saturated heterocycles. The molecule has 0 amide bonds. The molecule has 0 unspecified atom stereocenters. The van der Waals surface area contributed by atoms with E-state index in [1.807, 2.05) is 48.5 Å². The highest BCUT2D eigenvalue weighted by Crippen LogP contribution is 2.09. The molecule has 2 aromatic rings. The fourth-order valence-corrected chi connectivity index (χ4v) is 1.85. The van der Waals surface area contributed by atoms with Gasteiger partial charge in [-0.15, -0.1) is 0 Å². The van der Waals surface area contributed by atoms with Gasteiger partial charge in [-0.2, -0.15) is 0 Å². The van der Waals surface area contributed by atoms with Gasteiger partial charge < -0.3 is 14.8 Å². The molecule has 0 atom stereocenters. The first kappa shape index (κ1) is 15.3. The number of para-hydroxylation sites is 1. The third-order valence-electron chi connectivity index (χ3n) is 2.86. The molecule has 0 spiro atoms. The first-order valence-electron chi connectivity index (χ1n) is 7.36. The van der Waals surface area contributed by atoms with Crippen molar-refractivity contribution in [3.8, 4) is 11.6 Å². The van der Waals surface area contributed by atoms with E-state index in [1.165, 1.54) is 0 Å². The fourth-order valence-electron chi connectivity index (χ4n) is 1.85. The second kappa shape index (κ2) is 8.97. The Morgan fingerprint density at radius 1 is 0.952 bits per heavy atom. The van der Waals surface area contributed by atoms with Crippen LogP contribution in [-0.4, -0.2) is 24.7 Å². The minimum Gasteiger partial charge on any atom is -0.490 e. The average molecular weight is 286 g/mol. The molecule has 4 heteroatoms. The van der Waals surface area contributed by atoms with Gasteiger partial charge in [0.25, 0.3) is 0 Å². The predicted octanol–water partition coefficient (Wildman–Crippen LogP) is 3.04. The van der Waals surface area contributed by atoms with Crippen molar-refractivity contribution in [2.75, 3.05) is 19.8 Å². The SMILES string of the molecule is CCCNCc1cccc(OCCOc2ccccc2)n1. The van der Waals surface area contributed by atoms with Crippen LogP contribution in [0.4, 0.5) is 0 Å². The van der Waals surface area contributed by atoms with E-state index >= 15 is 0 Å². The van der Waals surface area contributed by atoms with Crippen LogP contribution in [0.25, 0.3) is 0 Å². The lowest BCUT2D eigenvalue weighted by Crippen LogP contribution is -2.15. The monoisotopic (exact) mass is 286 g/mol. The lowest BCUT2D eigenvalue weighted by atomic mass is 10.3. The predicted molar refractivity (Wildman–Crippen MR) is 83.7 cm³/mol. The molecule has 0 radical (unpaired) electrons. The zero-order chi connectivity index (χ0) is 14.8. The van der Waals surface area contributed by atoms with Gasteiger partial charge in [-0.05, 0) is 31.2 Å². The second-order valence-electron chi connectivity index (χ2n) is 4.65. The summed E-state index contributed by atoms with van der Waals surface area (Å²) in [4.78, 5) is 4.45. The summed E-state index contributed by atoms with van der Waals surface area (Å²) in [5.41, 5.74) is 0.991. The van der Waals surface area contributed by atoms with Gasteiger partial charge in [-0.25, -0.2) is 4.98 Å². The van der Waals surface area contributed by atoms with Gasteiger partial charge in [0.05, 0.1) is 5.69 Å². The number of benzene rings is 1. The lowest BCUT2D eigenvalue weighted by Gasteiger charge is -2.09. The van der Waals surface area contributed by atoms with Crippen molar-refractivity contribution < 1.29 is 9.47 Å². The maximum absolute atomic E-state index is 5.61. The van der Waals surface area contributed by atoms with E-state index in [4.69, 9.17) is 9.47 Å². The zero-order valence-corrected chi connectivity index (χ0v) is 12.4. The van der Waals surface area contributed by atoms with Gasteiger partial charge >= 0.3 is 0 Å². The molecular weight excluding hydrogens is 264 g/mol. The number of rotatable bonds is 9. The Balaban J connectivity index is 1.71. The molecule has 1 N–H and O–H groups in total. The molecule has 0 saturated carbocycles. The van der Waals surface area contributed by atoms with Crippen LogP contribution in [0.3, 0.4) is 0 Å². The Labute approximate surface area is 126 Å². The molecule has 112 valence electrons. The van der Waals surface area contributed by atoms with Crippen LogP contribution in [0.15, 0.2) is 48.5 Å². The molecule has 1 aromatic heterocycles. The number of hydrogen-bond donors (Lipinski definition) is 1. The number of ether oxygens (including phenoxy) is 2. The van der Waals surface area contributed by atoms with Crippen LogP contribution >= 0.6 is 0 Å². The zero-order valence-electron chi connectivity index (χ0n) is 12.4. The maximum atomic E-state index is 5.61. The smallest absolute Gasteiger partial charge is 0.213 e. The topological polar surface area (TPSA) is 43.4 Å². The summed E-state index contributed by atoms with van der Waals surface area (Å²) in [6.45, 7) is 4.90. The first-order chi connectivity index (χ1) is 10.4. The third kappa shape index (κ3) is 5.83. The molecule has 4 nitrogen and oxygen atoms in total. The molecule has 0 aliphatic rings. The molecule has 2 rings (SSSR count). The standard InChI is InChI=1S/C17H22N2O2/c1-2-11-18-14-15-7-6-10-17(19-15)21-13-12-20-16-8-4-3-5-9-16/h3-10,18H,2,11-14H2,1H3. The molecule has 0 aliphatic carbocycles. The minimum absolute atomic E-state index is 0.480. The van der Waals surface area contributed by atoms with Crippen LogP contribution in [0.5, 0.6) is 11.6 Å². The van der Waals surface area contributed by atoms with Crippen LogP contribution < -0.4 is 14.8 Å². The summed E-state index contributed by atoms with van der Waals surface area (Å²) in [6.07, 6.45) is 1.12. The van der Waals surface area contributed by atoms with E-state index in [1.54, 1.807) is 0 Å². The van der Waals surface area contributed by atoms with Gasteiger partial charge in [-0.3, -0.25) is 0 Å². The molecule has 0 bridgehead atoms. The highest BCUT2D eigenvalue weighted by molar-refractivity contribution is 5.21. The van der Waals surface area contributed by atoms with Crippen LogP contribution in [0, 0.1) is 0 Å². The molecule has 0 fully saturated rings. The van der Waals surface area contributed by atoms with E-state index in [0.29, 0.717) is 19.1 Å². The van der Waals surface area contributed by atoms with Gasteiger partial charge in [0, 0.05) is 12.6 Å². The molecule has 0 aliphatic heterocycles. The second-order valence-corrected chi connectivity index (χ2v) is 4.65. The summed E-state index contributed by atoms with van der Waals surface area (Å²) in [5.74, 6) is 1.49. The maximum Gasteiger partial charge on any atom is 0.213 e. The quantitative estimate of drug-likeness (QED) is 0.720. The Kier molecular flexibility index (Phi) is 6.55. The van der Waals surface area contributed by atoms with E-state index < -0.39 is 0 Å². The highest BCUT2D eigenvalue weighted by atomic mass is 16.5. The van der Waals surface area contributed by atoms with Crippen LogP contribution in [0.1, 0.15) is 19.0 Å². The summed E-state index contributed by atoms with van der Waals surface area (Å²) >= 11 is 0. The normalized spacial score (nSPS) is 10.3. The summed E-state index contributed by atoms with van der Waals surface area (Å²) in [7, 11) is 0. The Bertz CT molecular complexity index is 517. The van der Waals surface area contributed by atoms with E-state index in [0.717, 1.165) is 31.0 Å². The first-order valence-corrected chi connectivity index (χ1v) is 7.36. The van der Waals surface area contributed by atoms with Gasteiger partial charge in [0.15, 0.2) is 0 Å². The number of pyridine rings is 1. The van der Waals surface area contributed by atoms with E-state index in [9.17, 15) is 0 Å². The number of hydrogen-bond acceptors (Lipinski definition) is 4. The Hall–Kier alpha value is -2.07. The molecule has 1 aromatic carbocycles. The fraction of sp³-hybridized carbons (Fsp3) is 0.353. The highest BCUT2D eigenvalue weighted by Gasteiger charge is 1.99. The summed E-state index contributed by atoms with van der Waals surface area (Å²) in [6, 6.07) is 15.5. The molecule has 21 heavy (non-hydrogen) atoms. The van der Waals surface area contributed by atoms with Gasteiger partial charge in [0.1, 0.15) is 19.0 Å². The molecule has 1 heterocycles. The molecular formula is C17H22N2O2. The Morgan fingerprint density at radius 3 is 2.57 bits per heavy atom. The average Bonchev–Trinajstić information content (AvgIpc) is 2.53. The van der Waals surface area contributed by atoms with Crippen molar-refractivity contribution in [1.29, 1.82) is 0 Å². The van der Waals surface area contributed by atoms with Crippen molar-refractivity contribution >= 4 is 0 Å². The van der Waals surface area contributed by atoms with Gasteiger partial charge in [0.2, 0.25) is 5.88 Å². The van der Waals surface area contributed by atoms with Crippen molar-refractivity contribution in [2.45, 2.75) is 19.9 Å². The largest absolute Gasteiger partial charge is 0.490 e. The number of nitrogens with one attached hydrogen (secondary N) is 1. The Morgan fingerprint density at radius 2 is 1.76 bits per heavy atom. The third-order valence-corrected chi connectivity index (χ3v) is 2.86.